The van der Waals surface area contributed by atoms with Crippen LogP contribution in [0.1, 0.15) is 49.5 Å². The first-order valence-corrected chi connectivity index (χ1v) is 7.62. The van der Waals surface area contributed by atoms with Gasteiger partial charge in [0.2, 0.25) is 0 Å². The van der Waals surface area contributed by atoms with Crippen LogP contribution in [0.5, 0.6) is 0 Å². The molecule has 24 heavy (non-hydrogen) atoms. The van der Waals surface area contributed by atoms with Crippen molar-refractivity contribution < 1.29 is 27.5 Å². The number of rotatable bonds is 4. The molecule has 2 rings (SSSR count). The van der Waals surface area contributed by atoms with E-state index in [1.165, 1.54) is 24.3 Å². The van der Waals surface area contributed by atoms with Crippen molar-refractivity contribution in [3.8, 4) is 0 Å². The van der Waals surface area contributed by atoms with E-state index in [0.717, 1.165) is 0 Å². The van der Waals surface area contributed by atoms with Crippen LogP contribution in [0.4, 0.5) is 18.0 Å². The Morgan fingerprint density at radius 1 is 1.12 bits per heavy atom. The molecule has 1 aliphatic carbocycles. The van der Waals surface area contributed by atoms with Crippen LogP contribution in [0, 0.1) is 0 Å². The molecule has 0 aromatic heterocycles. The molecule has 1 saturated carbocycles. The van der Waals surface area contributed by atoms with E-state index in [1.807, 2.05) is 0 Å². The Morgan fingerprint density at radius 2 is 1.67 bits per heavy atom. The summed E-state index contributed by atoms with van der Waals surface area (Å²) in [5.41, 5.74) is -2.02. The lowest BCUT2D eigenvalue weighted by molar-refractivity contribution is -0.160. The van der Waals surface area contributed by atoms with Gasteiger partial charge in [-0.3, -0.25) is 4.79 Å². The van der Waals surface area contributed by atoms with Crippen LogP contribution >= 0.6 is 0 Å². The van der Waals surface area contributed by atoms with E-state index in [2.05, 4.69) is 5.32 Å². The minimum Gasteiger partial charge on any atom is -0.444 e. The highest BCUT2D eigenvalue weighted by atomic mass is 19.4. The molecule has 0 bridgehead atoms. The predicted molar refractivity (Wildman–Crippen MR) is 82.0 cm³/mol. The van der Waals surface area contributed by atoms with Crippen LogP contribution in [0.25, 0.3) is 0 Å². The Balaban J connectivity index is 1.96. The summed E-state index contributed by atoms with van der Waals surface area (Å²) in [4.78, 5) is 23.5. The maximum Gasteiger partial charge on any atom is 0.408 e. The van der Waals surface area contributed by atoms with Gasteiger partial charge in [0.25, 0.3) is 0 Å². The average molecular weight is 343 g/mol. The van der Waals surface area contributed by atoms with E-state index < -0.39 is 29.1 Å². The maximum absolute atomic E-state index is 13.1. The van der Waals surface area contributed by atoms with Crippen LogP contribution in [-0.4, -0.2) is 30.2 Å². The largest absolute Gasteiger partial charge is 0.444 e. The first kappa shape index (κ1) is 18.3. The van der Waals surface area contributed by atoms with Gasteiger partial charge < -0.3 is 10.1 Å². The van der Waals surface area contributed by atoms with Crippen molar-refractivity contribution in [1.29, 1.82) is 0 Å². The van der Waals surface area contributed by atoms with Crippen molar-refractivity contribution in [2.75, 3.05) is 6.54 Å². The van der Waals surface area contributed by atoms with Crippen LogP contribution in [0.15, 0.2) is 24.3 Å². The fraction of sp³-hybridized carbons (Fsp3) is 0.529. The van der Waals surface area contributed by atoms with Gasteiger partial charge in [0, 0.05) is 5.56 Å². The number of carbonyl (C=O) groups excluding carboxylic acids is 2. The van der Waals surface area contributed by atoms with E-state index in [1.54, 1.807) is 20.8 Å². The number of ketones is 1. The van der Waals surface area contributed by atoms with E-state index in [0.29, 0.717) is 0 Å². The highest BCUT2D eigenvalue weighted by Gasteiger charge is 2.64. The highest BCUT2D eigenvalue weighted by Crippen LogP contribution is 2.58. The molecule has 4 nitrogen and oxygen atoms in total. The lowest BCUT2D eigenvalue weighted by atomic mass is 9.94. The quantitative estimate of drug-likeness (QED) is 0.841. The number of nitrogens with one attached hydrogen (secondary N) is 1. The molecule has 1 fully saturated rings. The second kappa shape index (κ2) is 6.11. The third-order valence-corrected chi connectivity index (χ3v) is 3.84. The first-order valence-electron chi connectivity index (χ1n) is 7.62. The summed E-state index contributed by atoms with van der Waals surface area (Å²) in [7, 11) is 0. The Kier molecular flexibility index (Phi) is 4.65. The number of benzene rings is 1. The molecule has 132 valence electrons. The van der Waals surface area contributed by atoms with Gasteiger partial charge in [-0.1, -0.05) is 24.3 Å². The highest BCUT2D eigenvalue weighted by molar-refractivity contribution is 5.98. The molecule has 1 amide bonds. The second-order valence-electron chi connectivity index (χ2n) is 6.94. The fourth-order valence-electron chi connectivity index (χ4n) is 2.40. The van der Waals surface area contributed by atoms with Gasteiger partial charge in [-0.15, -0.1) is 0 Å². The summed E-state index contributed by atoms with van der Waals surface area (Å²) in [5, 5.41) is 2.33. The van der Waals surface area contributed by atoms with Crippen molar-refractivity contribution in [2.45, 2.75) is 50.8 Å². The lowest BCUT2D eigenvalue weighted by Crippen LogP contribution is -2.35. The molecule has 0 heterocycles. The molecule has 1 aliphatic rings. The Bertz CT molecular complexity index is 626. The van der Waals surface area contributed by atoms with E-state index in [9.17, 15) is 22.8 Å². The van der Waals surface area contributed by atoms with Gasteiger partial charge in [-0.25, -0.2) is 4.79 Å². The van der Waals surface area contributed by atoms with E-state index in [-0.39, 0.29) is 30.5 Å². The zero-order valence-corrected chi connectivity index (χ0v) is 13.8. The number of ether oxygens (including phenoxy) is 1. The molecule has 1 aromatic carbocycles. The number of halogens is 3. The molecule has 0 atom stereocenters. The molecule has 0 saturated heterocycles. The molecular weight excluding hydrogens is 323 g/mol. The minimum atomic E-state index is -4.28. The van der Waals surface area contributed by atoms with Crippen molar-refractivity contribution in [3.63, 3.8) is 0 Å². The van der Waals surface area contributed by atoms with Gasteiger partial charge in [0.05, 0.1) is 12.0 Å². The van der Waals surface area contributed by atoms with Crippen molar-refractivity contribution in [1.82, 2.24) is 5.32 Å². The summed E-state index contributed by atoms with van der Waals surface area (Å²) < 4.78 is 44.2. The minimum absolute atomic E-state index is 0.0734. The van der Waals surface area contributed by atoms with Crippen LogP contribution in [0.2, 0.25) is 0 Å². The van der Waals surface area contributed by atoms with Gasteiger partial charge in [0.1, 0.15) is 5.60 Å². The summed E-state index contributed by atoms with van der Waals surface area (Å²) >= 11 is 0. The van der Waals surface area contributed by atoms with E-state index in [4.69, 9.17) is 4.74 Å². The van der Waals surface area contributed by atoms with Gasteiger partial charge in [-0.2, -0.15) is 13.2 Å². The summed E-state index contributed by atoms with van der Waals surface area (Å²) in [5.74, 6) is -0.399. The zero-order chi connectivity index (χ0) is 18.2. The number of hydrogen-bond donors (Lipinski definition) is 1. The summed E-state index contributed by atoms with van der Waals surface area (Å²) in [6.45, 7) is 4.81. The normalized spacial score (nSPS) is 16.4. The summed E-state index contributed by atoms with van der Waals surface area (Å²) in [6.07, 6.45) is -4.86. The lowest BCUT2D eigenvalue weighted by Gasteiger charge is -2.20. The Morgan fingerprint density at radius 3 is 2.08 bits per heavy atom. The molecule has 1 N–H and O–H groups in total. The van der Waals surface area contributed by atoms with Gasteiger partial charge >= 0.3 is 12.3 Å². The predicted octanol–water partition coefficient (Wildman–Crippen LogP) is 3.99. The standard InChI is InChI=1S/C17H20F3NO3/c1-15(2,3)24-14(23)21-10-13(22)11-4-6-12(7-5-11)16(8-9-16)17(18,19)20/h4-7H,8-10H2,1-3H3,(H,21,23). The van der Waals surface area contributed by atoms with Gasteiger partial charge in [0.15, 0.2) is 5.78 Å². The zero-order valence-electron chi connectivity index (χ0n) is 13.8. The SMILES string of the molecule is CC(C)(C)OC(=O)NCC(=O)c1ccc(C2(C(F)(F)F)CC2)cc1. The van der Waals surface area contributed by atoms with Crippen molar-refractivity contribution in [3.05, 3.63) is 35.4 Å². The molecule has 7 heteroatoms. The smallest absolute Gasteiger partial charge is 0.408 e. The Labute approximate surface area is 138 Å². The van der Waals surface area contributed by atoms with Crippen molar-refractivity contribution in [2.24, 2.45) is 0 Å². The number of amides is 1. The molecule has 0 unspecified atom stereocenters. The maximum atomic E-state index is 13.1. The number of Topliss-reactive ketones (excluding diaryl/α,β-unsaturated/α-hetero) is 1. The van der Waals surface area contributed by atoms with Crippen LogP contribution in [-0.2, 0) is 10.2 Å². The van der Waals surface area contributed by atoms with Gasteiger partial charge in [-0.05, 0) is 39.2 Å². The second-order valence-corrected chi connectivity index (χ2v) is 6.94. The third kappa shape index (κ3) is 4.07. The first-order chi connectivity index (χ1) is 10.9. The summed E-state index contributed by atoms with van der Waals surface area (Å²) in [6, 6.07) is 5.39. The number of hydrogen-bond acceptors (Lipinski definition) is 3. The number of alkyl halides is 3. The number of carbonyl (C=O) groups is 2. The third-order valence-electron chi connectivity index (χ3n) is 3.84. The topological polar surface area (TPSA) is 55.4 Å². The molecule has 0 aliphatic heterocycles. The van der Waals surface area contributed by atoms with Crippen LogP contribution in [0.3, 0.4) is 0 Å². The fourth-order valence-corrected chi connectivity index (χ4v) is 2.40. The van der Waals surface area contributed by atoms with E-state index >= 15 is 0 Å². The molecule has 0 radical (unpaired) electrons. The molecule has 0 spiro atoms. The van der Waals surface area contributed by atoms with Crippen LogP contribution < -0.4 is 5.32 Å². The molecule has 1 aromatic rings. The number of alkyl carbamates (subject to hydrolysis) is 1. The van der Waals surface area contributed by atoms with Crippen molar-refractivity contribution >= 4 is 11.9 Å². The average Bonchev–Trinajstić information content (AvgIpc) is 3.24. The Hall–Kier alpha value is -2.05. The monoisotopic (exact) mass is 343 g/mol. The molecular formula is C17H20F3NO3.